The van der Waals surface area contributed by atoms with Crippen LogP contribution in [-0.4, -0.2) is 47.4 Å². The van der Waals surface area contributed by atoms with Crippen molar-refractivity contribution in [2.45, 2.75) is 40.0 Å². The van der Waals surface area contributed by atoms with Crippen molar-refractivity contribution < 1.29 is 19.5 Å². The average molecular weight is 296 g/mol. The van der Waals surface area contributed by atoms with Gasteiger partial charge in [-0.15, -0.1) is 0 Å². The van der Waals surface area contributed by atoms with Gasteiger partial charge in [0.2, 0.25) is 11.8 Å². The highest BCUT2D eigenvalue weighted by Crippen LogP contribution is 2.48. The number of hydrogen-bond donors (Lipinski definition) is 2. The molecule has 1 saturated heterocycles. The van der Waals surface area contributed by atoms with E-state index in [1.165, 1.54) is 0 Å². The molecule has 6 nitrogen and oxygen atoms in total. The molecule has 2 atom stereocenters. The zero-order valence-electron chi connectivity index (χ0n) is 12.9. The van der Waals surface area contributed by atoms with Gasteiger partial charge in [0.25, 0.3) is 0 Å². The van der Waals surface area contributed by atoms with E-state index in [1.54, 1.807) is 25.7 Å². The number of fused-ring (bicyclic) bond motifs is 1. The standard InChI is InChI=1S/C15H24N2O4/c1-14(2,3)12(19)16-7-11(18)17-8-10-5-4-6-15(10,9-17)13(20)21/h10H,4-9H2,1-3H3,(H,16,19)(H,20,21)/t10-,15+/m0/s1. The number of carboxylic acid groups (broad SMARTS) is 1. The fourth-order valence-corrected chi connectivity index (χ4v) is 3.36. The summed E-state index contributed by atoms with van der Waals surface area (Å²) in [7, 11) is 0. The number of aliphatic carboxylic acids is 1. The van der Waals surface area contributed by atoms with Crippen LogP contribution in [0.4, 0.5) is 0 Å². The average Bonchev–Trinajstić information content (AvgIpc) is 2.91. The molecule has 21 heavy (non-hydrogen) atoms. The van der Waals surface area contributed by atoms with E-state index in [4.69, 9.17) is 0 Å². The van der Waals surface area contributed by atoms with Crippen LogP contribution in [0.5, 0.6) is 0 Å². The largest absolute Gasteiger partial charge is 0.481 e. The minimum Gasteiger partial charge on any atom is -0.481 e. The molecule has 1 aliphatic carbocycles. The van der Waals surface area contributed by atoms with Gasteiger partial charge < -0.3 is 15.3 Å². The van der Waals surface area contributed by atoms with Crippen molar-refractivity contribution in [3.63, 3.8) is 0 Å². The van der Waals surface area contributed by atoms with E-state index in [0.29, 0.717) is 13.0 Å². The third kappa shape index (κ3) is 2.89. The molecule has 0 unspecified atom stereocenters. The molecule has 6 heteroatoms. The van der Waals surface area contributed by atoms with E-state index in [9.17, 15) is 19.5 Å². The fraction of sp³-hybridized carbons (Fsp3) is 0.800. The minimum absolute atomic E-state index is 0.0530. The van der Waals surface area contributed by atoms with Gasteiger partial charge in [-0.05, 0) is 18.8 Å². The van der Waals surface area contributed by atoms with Crippen LogP contribution < -0.4 is 5.32 Å². The maximum absolute atomic E-state index is 12.2. The van der Waals surface area contributed by atoms with Crippen LogP contribution in [0.3, 0.4) is 0 Å². The van der Waals surface area contributed by atoms with Gasteiger partial charge >= 0.3 is 5.97 Å². The second kappa shape index (κ2) is 5.31. The summed E-state index contributed by atoms with van der Waals surface area (Å²) in [5, 5.41) is 12.1. The predicted molar refractivity (Wildman–Crippen MR) is 76.5 cm³/mol. The van der Waals surface area contributed by atoms with Crippen LogP contribution in [0.1, 0.15) is 40.0 Å². The second-order valence-corrected chi connectivity index (χ2v) is 7.26. The van der Waals surface area contributed by atoms with Gasteiger partial charge in [0.1, 0.15) is 0 Å². The number of carboxylic acids is 1. The molecule has 0 bridgehead atoms. The molecule has 0 spiro atoms. The Labute approximate surface area is 124 Å². The number of carbonyl (C=O) groups is 3. The van der Waals surface area contributed by atoms with Gasteiger partial charge in [-0.1, -0.05) is 27.2 Å². The van der Waals surface area contributed by atoms with Crippen LogP contribution in [-0.2, 0) is 14.4 Å². The van der Waals surface area contributed by atoms with E-state index in [1.807, 2.05) is 0 Å². The summed E-state index contributed by atoms with van der Waals surface area (Å²) in [5.74, 6) is -1.11. The van der Waals surface area contributed by atoms with Crippen molar-refractivity contribution in [2.24, 2.45) is 16.7 Å². The van der Waals surface area contributed by atoms with Crippen molar-refractivity contribution in [3.8, 4) is 0 Å². The van der Waals surface area contributed by atoms with Crippen molar-refractivity contribution in [3.05, 3.63) is 0 Å². The molecule has 2 amide bonds. The third-order valence-corrected chi connectivity index (χ3v) is 4.73. The Morgan fingerprint density at radius 2 is 2.00 bits per heavy atom. The van der Waals surface area contributed by atoms with Gasteiger partial charge in [0.05, 0.1) is 12.0 Å². The minimum atomic E-state index is -0.793. The highest BCUT2D eigenvalue weighted by molar-refractivity contribution is 5.88. The summed E-state index contributed by atoms with van der Waals surface area (Å²) in [6, 6.07) is 0. The first-order chi connectivity index (χ1) is 9.67. The first-order valence-corrected chi connectivity index (χ1v) is 7.46. The van der Waals surface area contributed by atoms with Crippen LogP contribution in [0.25, 0.3) is 0 Å². The first kappa shape index (κ1) is 15.8. The number of rotatable bonds is 3. The number of likely N-dealkylation sites (tertiary alicyclic amines) is 1. The molecule has 1 aliphatic heterocycles. The Balaban J connectivity index is 1.94. The normalized spacial score (nSPS) is 28.3. The van der Waals surface area contributed by atoms with Crippen LogP contribution in [0, 0.1) is 16.7 Å². The van der Waals surface area contributed by atoms with Crippen LogP contribution >= 0.6 is 0 Å². The van der Waals surface area contributed by atoms with Crippen molar-refractivity contribution in [2.75, 3.05) is 19.6 Å². The van der Waals surface area contributed by atoms with Gasteiger partial charge in [-0.3, -0.25) is 14.4 Å². The summed E-state index contributed by atoms with van der Waals surface area (Å²) in [6.07, 6.45) is 2.43. The molecule has 0 aromatic heterocycles. The Hall–Kier alpha value is -1.59. The molecule has 2 aliphatic rings. The third-order valence-electron chi connectivity index (χ3n) is 4.73. The van der Waals surface area contributed by atoms with E-state index in [-0.39, 0.29) is 30.8 Å². The monoisotopic (exact) mass is 296 g/mol. The van der Waals surface area contributed by atoms with Crippen LogP contribution in [0.15, 0.2) is 0 Å². The SMILES string of the molecule is CC(C)(C)C(=O)NCC(=O)N1C[C@@H]2CCC[C@@]2(C(=O)O)C1. The lowest BCUT2D eigenvalue weighted by Gasteiger charge is -2.24. The molecule has 0 aromatic rings. The fourth-order valence-electron chi connectivity index (χ4n) is 3.36. The Morgan fingerprint density at radius 1 is 1.33 bits per heavy atom. The number of amides is 2. The quantitative estimate of drug-likeness (QED) is 0.809. The van der Waals surface area contributed by atoms with E-state index >= 15 is 0 Å². The molecule has 2 rings (SSSR count). The lowest BCUT2D eigenvalue weighted by Crippen LogP contribution is -2.44. The molecular formula is C15H24N2O4. The maximum atomic E-state index is 12.2. The molecule has 2 fully saturated rings. The molecule has 1 saturated carbocycles. The van der Waals surface area contributed by atoms with Crippen molar-refractivity contribution in [1.29, 1.82) is 0 Å². The number of hydrogen-bond acceptors (Lipinski definition) is 3. The van der Waals surface area contributed by atoms with Gasteiger partial charge in [0.15, 0.2) is 0 Å². The maximum Gasteiger partial charge on any atom is 0.311 e. The lowest BCUT2D eigenvalue weighted by atomic mass is 9.81. The number of carbonyl (C=O) groups excluding carboxylic acids is 2. The van der Waals surface area contributed by atoms with Crippen LogP contribution in [0.2, 0.25) is 0 Å². The Kier molecular flexibility index (Phi) is 4.00. The van der Waals surface area contributed by atoms with Crippen molar-refractivity contribution >= 4 is 17.8 Å². The Bertz CT molecular complexity index is 469. The molecule has 0 radical (unpaired) electrons. The second-order valence-electron chi connectivity index (χ2n) is 7.26. The number of nitrogens with one attached hydrogen (secondary N) is 1. The summed E-state index contributed by atoms with van der Waals surface area (Å²) in [5.41, 5.74) is -1.30. The molecular weight excluding hydrogens is 272 g/mol. The summed E-state index contributed by atoms with van der Waals surface area (Å²) < 4.78 is 0. The highest BCUT2D eigenvalue weighted by Gasteiger charge is 2.55. The van der Waals surface area contributed by atoms with Gasteiger partial charge in [-0.2, -0.15) is 0 Å². The Morgan fingerprint density at radius 3 is 2.52 bits per heavy atom. The first-order valence-electron chi connectivity index (χ1n) is 7.46. The zero-order chi connectivity index (χ0) is 15.8. The lowest BCUT2D eigenvalue weighted by molar-refractivity contribution is -0.149. The molecule has 1 heterocycles. The molecule has 0 aromatic carbocycles. The molecule has 118 valence electrons. The summed E-state index contributed by atoms with van der Waals surface area (Å²) in [6.45, 7) is 6.07. The molecule has 2 N–H and O–H groups in total. The van der Waals surface area contributed by atoms with Gasteiger partial charge in [0, 0.05) is 18.5 Å². The summed E-state index contributed by atoms with van der Waals surface area (Å²) in [4.78, 5) is 37.1. The zero-order valence-corrected chi connectivity index (χ0v) is 12.9. The van der Waals surface area contributed by atoms with Crippen molar-refractivity contribution in [1.82, 2.24) is 10.2 Å². The van der Waals surface area contributed by atoms with Gasteiger partial charge in [-0.25, -0.2) is 0 Å². The smallest absolute Gasteiger partial charge is 0.311 e. The van der Waals surface area contributed by atoms with E-state index < -0.39 is 16.8 Å². The topological polar surface area (TPSA) is 86.7 Å². The number of nitrogens with zero attached hydrogens (tertiary/aromatic N) is 1. The highest BCUT2D eigenvalue weighted by atomic mass is 16.4. The van der Waals surface area contributed by atoms with E-state index in [2.05, 4.69) is 5.32 Å². The van der Waals surface area contributed by atoms with E-state index in [0.717, 1.165) is 12.8 Å². The summed E-state index contributed by atoms with van der Waals surface area (Å²) >= 11 is 0. The predicted octanol–water partition coefficient (Wildman–Crippen LogP) is 0.862.